The number of methoxy groups -OCH3 is 1. The van der Waals surface area contributed by atoms with Crippen molar-refractivity contribution in [2.75, 3.05) is 7.11 Å². The Labute approximate surface area is 125 Å². The average molecular weight is 281 g/mol. The summed E-state index contributed by atoms with van der Waals surface area (Å²) >= 11 is 0. The van der Waals surface area contributed by atoms with Gasteiger partial charge in [-0.15, -0.1) is 0 Å². The molecular formula is C18H19NO2. The Kier molecular flexibility index (Phi) is 3.42. The lowest BCUT2D eigenvalue weighted by molar-refractivity contribution is 0.0766. The van der Waals surface area contributed by atoms with Crippen molar-refractivity contribution in [3.05, 3.63) is 64.2 Å². The van der Waals surface area contributed by atoms with E-state index in [1.165, 1.54) is 16.7 Å². The molecule has 2 aromatic carbocycles. The van der Waals surface area contributed by atoms with Crippen LogP contribution in [0.3, 0.4) is 0 Å². The second kappa shape index (κ2) is 5.24. The van der Waals surface area contributed by atoms with Crippen LogP contribution in [-0.4, -0.2) is 17.9 Å². The summed E-state index contributed by atoms with van der Waals surface area (Å²) in [4.78, 5) is 14.4. The minimum absolute atomic E-state index is 0.129. The molecule has 0 saturated carbocycles. The molecule has 21 heavy (non-hydrogen) atoms. The maximum Gasteiger partial charge on any atom is 0.254 e. The molecule has 0 fully saturated rings. The molecule has 0 aliphatic carbocycles. The number of fused-ring (bicyclic) bond motifs is 1. The van der Waals surface area contributed by atoms with Gasteiger partial charge in [0.25, 0.3) is 5.91 Å². The highest BCUT2D eigenvalue weighted by Crippen LogP contribution is 2.29. The molecule has 0 unspecified atom stereocenters. The van der Waals surface area contributed by atoms with Gasteiger partial charge in [0.05, 0.1) is 7.11 Å². The standard InChI is InChI=1S/C18H19NO2/c1-12-4-9-16-17(13(12)2)11-19(18(16)20)10-14-5-7-15(21-3)8-6-14/h4-9H,10-11H2,1-3H3. The van der Waals surface area contributed by atoms with Gasteiger partial charge in [-0.2, -0.15) is 0 Å². The van der Waals surface area contributed by atoms with Crippen molar-refractivity contribution < 1.29 is 9.53 Å². The average Bonchev–Trinajstić information content (AvgIpc) is 2.81. The number of amides is 1. The molecule has 0 bridgehead atoms. The van der Waals surface area contributed by atoms with Crippen molar-refractivity contribution in [3.8, 4) is 5.75 Å². The summed E-state index contributed by atoms with van der Waals surface area (Å²) in [6, 6.07) is 11.9. The molecule has 0 N–H and O–H groups in total. The molecule has 108 valence electrons. The second-order valence-corrected chi connectivity index (χ2v) is 5.54. The van der Waals surface area contributed by atoms with Gasteiger partial charge >= 0.3 is 0 Å². The summed E-state index contributed by atoms with van der Waals surface area (Å²) in [5.41, 5.74) is 5.62. The van der Waals surface area contributed by atoms with Crippen molar-refractivity contribution in [2.24, 2.45) is 0 Å². The number of benzene rings is 2. The van der Waals surface area contributed by atoms with E-state index in [1.54, 1.807) is 7.11 Å². The van der Waals surface area contributed by atoms with Crippen LogP contribution in [0, 0.1) is 13.8 Å². The Morgan fingerprint density at radius 2 is 1.81 bits per heavy atom. The molecule has 0 atom stereocenters. The van der Waals surface area contributed by atoms with E-state index in [9.17, 15) is 4.79 Å². The van der Waals surface area contributed by atoms with Crippen LogP contribution in [0.2, 0.25) is 0 Å². The number of hydrogen-bond acceptors (Lipinski definition) is 2. The number of carbonyl (C=O) groups is 1. The van der Waals surface area contributed by atoms with Crippen LogP contribution >= 0.6 is 0 Å². The highest BCUT2D eigenvalue weighted by Gasteiger charge is 2.28. The van der Waals surface area contributed by atoms with Crippen molar-refractivity contribution in [2.45, 2.75) is 26.9 Å². The highest BCUT2D eigenvalue weighted by atomic mass is 16.5. The van der Waals surface area contributed by atoms with Gasteiger partial charge in [0.15, 0.2) is 0 Å². The van der Waals surface area contributed by atoms with E-state index in [2.05, 4.69) is 13.8 Å². The molecule has 3 nitrogen and oxygen atoms in total. The van der Waals surface area contributed by atoms with Crippen LogP contribution in [0.1, 0.15) is 32.6 Å². The van der Waals surface area contributed by atoms with Gasteiger partial charge in [-0.05, 0) is 54.3 Å². The highest BCUT2D eigenvalue weighted by molar-refractivity contribution is 5.98. The molecule has 0 saturated heterocycles. The van der Waals surface area contributed by atoms with Crippen molar-refractivity contribution in [3.63, 3.8) is 0 Å². The first-order valence-electron chi connectivity index (χ1n) is 7.11. The lowest BCUT2D eigenvalue weighted by atomic mass is 10.00. The normalized spacial score (nSPS) is 13.5. The van der Waals surface area contributed by atoms with Crippen molar-refractivity contribution in [1.82, 2.24) is 4.90 Å². The Morgan fingerprint density at radius 1 is 1.10 bits per heavy atom. The van der Waals surface area contributed by atoms with Crippen LogP contribution in [-0.2, 0) is 13.1 Å². The summed E-state index contributed by atoms with van der Waals surface area (Å²) in [6.07, 6.45) is 0. The maximum atomic E-state index is 12.5. The molecular weight excluding hydrogens is 262 g/mol. The zero-order valence-electron chi connectivity index (χ0n) is 12.6. The fourth-order valence-electron chi connectivity index (χ4n) is 2.79. The monoisotopic (exact) mass is 281 g/mol. The summed E-state index contributed by atoms with van der Waals surface area (Å²) in [5.74, 6) is 0.963. The van der Waals surface area contributed by atoms with E-state index in [0.717, 1.165) is 16.9 Å². The second-order valence-electron chi connectivity index (χ2n) is 5.54. The third-order valence-corrected chi connectivity index (χ3v) is 4.27. The number of rotatable bonds is 3. The lowest BCUT2D eigenvalue weighted by Gasteiger charge is -2.16. The zero-order chi connectivity index (χ0) is 15.0. The van der Waals surface area contributed by atoms with E-state index >= 15 is 0 Å². The minimum Gasteiger partial charge on any atom is -0.497 e. The summed E-state index contributed by atoms with van der Waals surface area (Å²) in [6.45, 7) is 5.52. The van der Waals surface area contributed by atoms with E-state index in [1.807, 2.05) is 41.3 Å². The molecule has 3 heteroatoms. The number of aryl methyl sites for hydroxylation is 1. The maximum absolute atomic E-state index is 12.5. The van der Waals surface area contributed by atoms with Gasteiger partial charge in [0.2, 0.25) is 0 Å². The number of nitrogens with zero attached hydrogens (tertiary/aromatic N) is 1. The molecule has 1 aliphatic heterocycles. The van der Waals surface area contributed by atoms with Crippen LogP contribution in [0.25, 0.3) is 0 Å². The third kappa shape index (κ3) is 2.40. The van der Waals surface area contributed by atoms with Crippen LogP contribution in [0.4, 0.5) is 0 Å². The van der Waals surface area contributed by atoms with Gasteiger partial charge in [-0.25, -0.2) is 0 Å². The van der Waals surface area contributed by atoms with E-state index in [4.69, 9.17) is 4.74 Å². The van der Waals surface area contributed by atoms with Gasteiger partial charge in [0, 0.05) is 18.7 Å². The van der Waals surface area contributed by atoms with E-state index < -0.39 is 0 Å². The Bertz CT molecular complexity index is 689. The predicted molar refractivity (Wildman–Crippen MR) is 82.5 cm³/mol. The van der Waals surface area contributed by atoms with E-state index in [0.29, 0.717) is 13.1 Å². The van der Waals surface area contributed by atoms with Crippen molar-refractivity contribution in [1.29, 1.82) is 0 Å². The summed E-state index contributed by atoms with van der Waals surface area (Å²) < 4.78 is 5.16. The first-order chi connectivity index (χ1) is 10.1. The molecule has 1 aliphatic rings. The van der Waals surface area contributed by atoms with Gasteiger partial charge in [-0.3, -0.25) is 4.79 Å². The van der Waals surface area contributed by atoms with Gasteiger partial charge < -0.3 is 9.64 Å². The van der Waals surface area contributed by atoms with Gasteiger partial charge in [-0.1, -0.05) is 18.2 Å². The molecule has 0 aromatic heterocycles. The smallest absolute Gasteiger partial charge is 0.254 e. The first-order valence-corrected chi connectivity index (χ1v) is 7.11. The Balaban J connectivity index is 1.82. The molecule has 0 spiro atoms. The SMILES string of the molecule is COc1ccc(CN2Cc3c(ccc(C)c3C)C2=O)cc1. The summed E-state index contributed by atoms with van der Waals surface area (Å²) in [5, 5.41) is 0. The van der Waals surface area contributed by atoms with E-state index in [-0.39, 0.29) is 5.91 Å². The van der Waals surface area contributed by atoms with Gasteiger partial charge in [0.1, 0.15) is 5.75 Å². The van der Waals surface area contributed by atoms with Crippen LogP contribution in [0.5, 0.6) is 5.75 Å². The number of ether oxygens (including phenoxy) is 1. The Hall–Kier alpha value is -2.29. The molecule has 3 rings (SSSR count). The molecule has 0 radical (unpaired) electrons. The first kappa shape index (κ1) is 13.7. The van der Waals surface area contributed by atoms with Crippen molar-refractivity contribution >= 4 is 5.91 Å². The quantitative estimate of drug-likeness (QED) is 0.862. The van der Waals surface area contributed by atoms with Crippen LogP contribution in [0.15, 0.2) is 36.4 Å². The zero-order valence-corrected chi connectivity index (χ0v) is 12.6. The topological polar surface area (TPSA) is 29.5 Å². The fraction of sp³-hybridized carbons (Fsp3) is 0.278. The predicted octanol–water partition coefficient (Wildman–Crippen LogP) is 3.47. The molecule has 2 aromatic rings. The lowest BCUT2D eigenvalue weighted by Crippen LogP contribution is -2.23. The number of carbonyl (C=O) groups excluding carboxylic acids is 1. The fourth-order valence-corrected chi connectivity index (χ4v) is 2.79. The summed E-state index contributed by atoms with van der Waals surface area (Å²) in [7, 11) is 1.65. The Morgan fingerprint density at radius 3 is 2.48 bits per heavy atom. The van der Waals surface area contributed by atoms with Crippen LogP contribution < -0.4 is 4.74 Å². The molecule has 1 heterocycles. The third-order valence-electron chi connectivity index (χ3n) is 4.27. The molecule has 1 amide bonds. The number of hydrogen-bond donors (Lipinski definition) is 0. The minimum atomic E-state index is 0.129. The largest absolute Gasteiger partial charge is 0.497 e.